The minimum atomic E-state index is -0.222. The Morgan fingerprint density at radius 2 is 2.35 bits per heavy atom. The van der Waals surface area contributed by atoms with Crippen LogP contribution in [0, 0.1) is 0 Å². The summed E-state index contributed by atoms with van der Waals surface area (Å²) in [4.78, 5) is 16.5. The largest absolute Gasteiger partial charge is 0.379 e. The predicted molar refractivity (Wildman–Crippen MR) is 72.4 cm³/mol. The number of amides is 1. The Morgan fingerprint density at radius 1 is 1.50 bits per heavy atom. The molecule has 6 heteroatoms. The van der Waals surface area contributed by atoms with Crippen LogP contribution in [0.4, 0.5) is 0 Å². The second-order valence-electron chi connectivity index (χ2n) is 4.66. The van der Waals surface area contributed by atoms with Gasteiger partial charge in [-0.1, -0.05) is 6.07 Å². The van der Waals surface area contributed by atoms with Crippen LogP contribution in [0.25, 0.3) is 0 Å². The van der Waals surface area contributed by atoms with Crippen molar-refractivity contribution in [2.45, 2.75) is 25.2 Å². The SMILES string of the molecule is COCc1cccc(C(=O)N[C@@H]2COCC[C@H]2OC)n1. The highest BCUT2D eigenvalue weighted by Crippen LogP contribution is 2.11. The lowest BCUT2D eigenvalue weighted by Gasteiger charge is -2.30. The lowest BCUT2D eigenvalue weighted by atomic mass is 10.1. The van der Waals surface area contributed by atoms with E-state index in [1.54, 1.807) is 26.4 Å². The van der Waals surface area contributed by atoms with Gasteiger partial charge in [0.1, 0.15) is 5.69 Å². The fraction of sp³-hybridized carbons (Fsp3) is 0.571. The molecule has 0 aliphatic carbocycles. The first-order valence-electron chi connectivity index (χ1n) is 6.61. The Labute approximate surface area is 118 Å². The van der Waals surface area contributed by atoms with Crippen molar-refractivity contribution in [3.05, 3.63) is 29.6 Å². The number of nitrogens with zero attached hydrogens (tertiary/aromatic N) is 1. The number of carbonyl (C=O) groups is 1. The maximum absolute atomic E-state index is 12.2. The van der Waals surface area contributed by atoms with Gasteiger partial charge >= 0.3 is 0 Å². The molecule has 1 aliphatic heterocycles. The van der Waals surface area contributed by atoms with Crippen molar-refractivity contribution in [1.82, 2.24) is 10.3 Å². The van der Waals surface area contributed by atoms with Crippen LogP contribution in [0.3, 0.4) is 0 Å². The van der Waals surface area contributed by atoms with Crippen molar-refractivity contribution in [2.24, 2.45) is 0 Å². The van der Waals surface area contributed by atoms with Gasteiger partial charge in [0.25, 0.3) is 5.91 Å². The average Bonchev–Trinajstić information content (AvgIpc) is 2.48. The third-order valence-electron chi connectivity index (χ3n) is 3.24. The van der Waals surface area contributed by atoms with Crippen LogP contribution in [0.15, 0.2) is 18.2 Å². The molecule has 1 aromatic rings. The van der Waals surface area contributed by atoms with E-state index < -0.39 is 0 Å². The summed E-state index contributed by atoms with van der Waals surface area (Å²) in [6.45, 7) is 1.50. The summed E-state index contributed by atoms with van der Waals surface area (Å²) < 4.78 is 15.8. The van der Waals surface area contributed by atoms with Gasteiger partial charge in [-0.25, -0.2) is 4.98 Å². The number of hydrogen-bond donors (Lipinski definition) is 1. The monoisotopic (exact) mass is 280 g/mol. The molecule has 1 saturated heterocycles. The van der Waals surface area contributed by atoms with Crippen LogP contribution in [-0.4, -0.2) is 50.5 Å². The van der Waals surface area contributed by atoms with Crippen LogP contribution in [0.5, 0.6) is 0 Å². The van der Waals surface area contributed by atoms with Gasteiger partial charge < -0.3 is 19.5 Å². The number of methoxy groups -OCH3 is 2. The van der Waals surface area contributed by atoms with Crippen molar-refractivity contribution >= 4 is 5.91 Å². The molecule has 0 unspecified atom stereocenters. The number of nitrogens with one attached hydrogen (secondary N) is 1. The molecule has 1 aromatic heterocycles. The van der Waals surface area contributed by atoms with E-state index in [2.05, 4.69) is 10.3 Å². The predicted octanol–water partition coefficient (Wildman–Crippen LogP) is 0.762. The Balaban J connectivity index is 2.01. The van der Waals surface area contributed by atoms with E-state index in [0.29, 0.717) is 25.5 Å². The minimum Gasteiger partial charge on any atom is -0.379 e. The summed E-state index contributed by atoms with van der Waals surface area (Å²) in [5.74, 6) is -0.222. The second-order valence-corrected chi connectivity index (χ2v) is 4.66. The molecular weight excluding hydrogens is 260 g/mol. The highest BCUT2D eigenvalue weighted by molar-refractivity contribution is 5.92. The summed E-state index contributed by atoms with van der Waals surface area (Å²) >= 11 is 0. The van der Waals surface area contributed by atoms with Crippen LogP contribution < -0.4 is 5.32 Å². The number of hydrogen-bond acceptors (Lipinski definition) is 5. The smallest absolute Gasteiger partial charge is 0.270 e. The van der Waals surface area contributed by atoms with Crippen molar-refractivity contribution in [3.63, 3.8) is 0 Å². The fourth-order valence-corrected chi connectivity index (χ4v) is 2.21. The fourth-order valence-electron chi connectivity index (χ4n) is 2.21. The highest BCUT2D eigenvalue weighted by Gasteiger charge is 2.27. The third-order valence-corrected chi connectivity index (χ3v) is 3.24. The number of pyridine rings is 1. The molecule has 110 valence electrons. The lowest BCUT2D eigenvalue weighted by Crippen LogP contribution is -2.50. The first kappa shape index (κ1) is 14.9. The van der Waals surface area contributed by atoms with Crippen molar-refractivity contribution in [1.29, 1.82) is 0 Å². The molecule has 0 aromatic carbocycles. The molecule has 0 bridgehead atoms. The molecule has 1 fully saturated rings. The van der Waals surface area contributed by atoms with Crippen LogP contribution >= 0.6 is 0 Å². The summed E-state index contributed by atoms with van der Waals surface area (Å²) in [6, 6.07) is 5.15. The Kier molecular flexibility index (Phi) is 5.46. The quantitative estimate of drug-likeness (QED) is 0.862. The molecule has 0 saturated carbocycles. The number of ether oxygens (including phenoxy) is 3. The van der Waals surface area contributed by atoms with E-state index in [9.17, 15) is 4.79 Å². The van der Waals surface area contributed by atoms with Gasteiger partial charge in [-0.05, 0) is 18.6 Å². The lowest BCUT2D eigenvalue weighted by molar-refractivity contribution is -0.0349. The molecule has 2 atom stereocenters. The zero-order valence-corrected chi connectivity index (χ0v) is 11.8. The molecule has 2 rings (SSSR count). The highest BCUT2D eigenvalue weighted by atomic mass is 16.5. The molecule has 2 heterocycles. The third kappa shape index (κ3) is 3.75. The van der Waals surface area contributed by atoms with E-state index in [0.717, 1.165) is 12.1 Å². The van der Waals surface area contributed by atoms with E-state index in [-0.39, 0.29) is 18.1 Å². The van der Waals surface area contributed by atoms with Gasteiger partial charge in [0.2, 0.25) is 0 Å². The van der Waals surface area contributed by atoms with Gasteiger partial charge in [0.05, 0.1) is 31.1 Å². The minimum absolute atomic E-state index is 0.0187. The zero-order valence-electron chi connectivity index (χ0n) is 11.8. The molecule has 0 radical (unpaired) electrons. The molecule has 1 N–H and O–H groups in total. The van der Waals surface area contributed by atoms with Gasteiger partial charge in [0.15, 0.2) is 0 Å². The standard InChI is InChI=1S/C14H20N2O4/c1-18-8-10-4-3-5-11(15-10)14(17)16-12-9-20-7-6-13(12)19-2/h3-5,12-13H,6-9H2,1-2H3,(H,16,17)/t12-,13-/m1/s1. The van der Waals surface area contributed by atoms with Crippen LogP contribution in [0.1, 0.15) is 22.6 Å². The van der Waals surface area contributed by atoms with Gasteiger partial charge in [-0.3, -0.25) is 4.79 Å². The van der Waals surface area contributed by atoms with Crippen LogP contribution in [-0.2, 0) is 20.8 Å². The van der Waals surface area contributed by atoms with Gasteiger partial charge in [-0.15, -0.1) is 0 Å². The van der Waals surface area contributed by atoms with Crippen molar-refractivity contribution < 1.29 is 19.0 Å². The topological polar surface area (TPSA) is 69.7 Å². The van der Waals surface area contributed by atoms with Crippen molar-refractivity contribution in [2.75, 3.05) is 27.4 Å². The molecule has 0 spiro atoms. The van der Waals surface area contributed by atoms with E-state index in [1.807, 2.05) is 6.07 Å². The summed E-state index contributed by atoms with van der Waals surface area (Å²) in [6.07, 6.45) is 0.758. The Morgan fingerprint density at radius 3 is 3.10 bits per heavy atom. The van der Waals surface area contributed by atoms with E-state index in [4.69, 9.17) is 14.2 Å². The second kappa shape index (κ2) is 7.33. The molecule has 1 amide bonds. The van der Waals surface area contributed by atoms with E-state index in [1.165, 1.54) is 0 Å². The molecule has 20 heavy (non-hydrogen) atoms. The summed E-state index contributed by atoms with van der Waals surface area (Å²) in [5.41, 5.74) is 1.10. The first-order valence-corrected chi connectivity index (χ1v) is 6.61. The molecular formula is C14H20N2O4. The maximum atomic E-state index is 12.2. The first-order chi connectivity index (χ1) is 9.74. The number of aromatic nitrogens is 1. The van der Waals surface area contributed by atoms with Crippen LogP contribution in [0.2, 0.25) is 0 Å². The summed E-state index contributed by atoms with van der Waals surface area (Å²) in [5, 5.41) is 2.91. The zero-order chi connectivity index (χ0) is 14.4. The number of rotatable bonds is 5. The maximum Gasteiger partial charge on any atom is 0.270 e. The van der Waals surface area contributed by atoms with Crippen molar-refractivity contribution in [3.8, 4) is 0 Å². The average molecular weight is 280 g/mol. The number of carbonyl (C=O) groups excluding carboxylic acids is 1. The van der Waals surface area contributed by atoms with E-state index >= 15 is 0 Å². The molecule has 1 aliphatic rings. The molecule has 6 nitrogen and oxygen atoms in total. The summed E-state index contributed by atoms with van der Waals surface area (Å²) in [7, 11) is 3.24. The Bertz CT molecular complexity index is 453. The van der Waals surface area contributed by atoms with Gasteiger partial charge in [0, 0.05) is 20.8 Å². The normalized spacial score (nSPS) is 22.5. The Hall–Kier alpha value is -1.50. The van der Waals surface area contributed by atoms with Gasteiger partial charge in [-0.2, -0.15) is 0 Å².